The molecule has 0 amide bonds. The maximum absolute atomic E-state index is 2.48. The lowest BCUT2D eigenvalue weighted by atomic mass is 9.68. The Kier molecular flexibility index (Phi) is 10.6. The van der Waals surface area contributed by atoms with E-state index >= 15 is 0 Å². The van der Waals surface area contributed by atoms with Crippen LogP contribution >= 0.6 is 0 Å². The lowest BCUT2D eigenvalue weighted by Gasteiger charge is -2.37. The normalized spacial score (nSPS) is 18.2. The van der Waals surface area contributed by atoms with Crippen LogP contribution in [0.5, 0.6) is 0 Å². The molecule has 0 N–H and O–H groups in total. The molecule has 2 aliphatic carbocycles. The van der Waals surface area contributed by atoms with Gasteiger partial charge in [0, 0.05) is 33.5 Å². The largest absolute Gasteiger partial charge is 0.310 e. The molecule has 10 rings (SSSR count). The number of fused-ring (bicyclic) bond motifs is 1. The van der Waals surface area contributed by atoms with Gasteiger partial charge in [0.25, 0.3) is 0 Å². The van der Waals surface area contributed by atoms with Crippen molar-refractivity contribution in [2.24, 2.45) is 0 Å². The van der Waals surface area contributed by atoms with Crippen LogP contribution in [0.2, 0.25) is 0 Å². The number of aryl methyl sites for hydroxylation is 6. The van der Waals surface area contributed by atoms with Crippen molar-refractivity contribution in [3.63, 3.8) is 0 Å². The van der Waals surface area contributed by atoms with Crippen LogP contribution in [0.25, 0.3) is 10.8 Å². The predicted molar refractivity (Wildman–Crippen MR) is 264 cm³/mol. The highest BCUT2D eigenvalue weighted by atomic mass is 15.2. The van der Waals surface area contributed by atoms with Gasteiger partial charge in [-0.15, -0.1) is 0 Å². The fraction of sp³-hybridized carbons (Fsp3) is 0.233. The molecule has 0 radical (unpaired) electrons. The van der Waals surface area contributed by atoms with Gasteiger partial charge in [0.15, 0.2) is 0 Å². The van der Waals surface area contributed by atoms with Crippen LogP contribution in [0.15, 0.2) is 170 Å². The van der Waals surface area contributed by atoms with E-state index in [9.17, 15) is 0 Å². The quantitative estimate of drug-likeness (QED) is 0.136. The molecule has 0 atom stereocenters. The summed E-state index contributed by atoms with van der Waals surface area (Å²) in [4.78, 5) is 4.95. The Balaban J connectivity index is 1.01. The fourth-order valence-electron chi connectivity index (χ4n) is 10.5. The molecule has 62 heavy (non-hydrogen) atoms. The molecule has 0 bridgehead atoms. The van der Waals surface area contributed by atoms with E-state index in [4.69, 9.17) is 0 Å². The van der Waals surface area contributed by atoms with Gasteiger partial charge in [0.1, 0.15) is 0 Å². The van der Waals surface area contributed by atoms with Crippen molar-refractivity contribution >= 4 is 44.9 Å². The van der Waals surface area contributed by atoms with Gasteiger partial charge >= 0.3 is 0 Å². The van der Waals surface area contributed by atoms with E-state index in [1.165, 1.54) is 126 Å². The summed E-state index contributed by atoms with van der Waals surface area (Å²) >= 11 is 0. The van der Waals surface area contributed by atoms with Gasteiger partial charge in [-0.25, -0.2) is 0 Å². The molecular weight excluding hydrogens is 749 g/mol. The highest BCUT2D eigenvalue weighted by Gasteiger charge is 2.34. The molecule has 0 saturated heterocycles. The molecule has 8 aromatic carbocycles. The third-order valence-corrected chi connectivity index (χ3v) is 14.2. The summed E-state index contributed by atoms with van der Waals surface area (Å²) in [6.45, 7) is 13.4. The minimum atomic E-state index is 0.595. The first-order valence-corrected chi connectivity index (χ1v) is 22.8. The van der Waals surface area contributed by atoms with E-state index in [2.05, 4.69) is 221 Å². The third kappa shape index (κ3) is 7.62. The van der Waals surface area contributed by atoms with Crippen LogP contribution < -0.4 is 9.80 Å². The zero-order valence-electron chi connectivity index (χ0n) is 37.2. The van der Waals surface area contributed by atoms with E-state index in [-0.39, 0.29) is 0 Å². The van der Waals surface area contributed by atoms with Crippen LogP contribution in [0.4, 0.5) is 34.1 Å². The third-order valence-electron chi connectivity index (χ3n) is 14.2. The van der Waals surface area contributed by atoms with Crippen molar-refractivity contribution in [2.75, 3.05) is 9.80 Å². The SMILES string of the molecule is Cc1ccc(C2CC(c3ccc(N(c4cccc(C)c4)c4ccc(N(c5cccc(C)c5)c5ccc(C6CC(c7ccc(C)cc7)C6)c(C)c5)c5ccccc45)cc3C)C2)cc1. The Morgan fingerprint density at radius 3 is 1.08 bits per heavy atom. The van der Waals surface area contributed by atoms with Gasteiger partial charge in [0.2, 0.25) is 0 Å². The van der Waals surface area contributed by atoms with Crippen molar-refractivity contribution in [2.45, 2.75) is 90.9 Å². The topological polar surface area (TPSA) is 6.48 Å². The highest BCUT2D eigenvalue weighted by molar-refractivity contribution is 6.07. The van der Waals surface area contributed by atoms with Gasteiger partial charge in [-0.2, -0.15) is 0 Å². The smallest absolute Gasteiger partial charge is 0.0541 e. The Hall–Kier alpha value is -6.38. The second kappa shape index (κ2) is 16.5. The standard InChI is InChI=1S/C60H58N2/c1-39-17-21-45(22-18-39)47-35-49(36-47)55-27-25-53(33-43(55)5)61(51-13-9-11-41(3)31-51)59-29-30-60(58-16-8-7-15-57(58)59)62(52-14-10-12-42(4)32-52)54-26-28-56(44(6)34-54)50-37-48(38-50)46-23-19-40(2)20-24-46/h7-34,47-50H,35-38H2,1-6H3. The van der Waals surface area contributed by atoms with Crippen LogP contribution in [0.3, 0.4) is 0 Å². The molecule has 0 spiro atoms. The molecule has 2 heteroatoms. The van der Waals surface area contributed by atoms with Crippen LogP contribution in [-0.4, -0.2) is 0 Å². The summed E-state index contributed by atoms with van der Waals surface area (Å²) < 4.78 is 0. The van der Waals surface area contributed by atoms with E-state index in [1.54, 1.807) is 0 Å². The Bertz CT molecular complexity index is 2690. The summed E-state index contributed by atoms with van der Waals surface area (Å²) in [6.07, 6.45) is 4.86. The van der Waals surface area contributed by atoms with E-state index < -0.39 is 0 Å². The van der Waals surface area contributed by atoms with Crippen molar-refractivity contribution < 1.29 is 0 Å². The van der Waals surface area contributed by atoms with Gasteiger partial charge in [-0.1, -0.05) is 120 Å². The zero-order chi connectivity index (χ0) is 42.5. The first-order valence-electron chi connectivity index (χ1n) is 22.8. The predicted octanol–water partition coefficient (Wildman–Crippen LogP) is 17.0. The van der Waals surface area contributed by atoms with Gasteiger partial charge in [-0.3, -0.25) is 0 Å². The number of rotatable bonds is 10. The van der Waals surface area contributed by atoms with Crippen LogP contribution in [0, 0.1) is 41.5 Å². The van der Waals surface area contributed by atoms with E-state index in [0.717, 1.165) is 0 Å². The molecule has 2 aliphatic rings. The number of nitrogens with zero attached hydrogens (tertiary/aromatic N) is 2. The first kappa shape index (κ1) is 39.7. The maximum atomic E-state index is 2.48. The lowest BCUT2D eigenvalue weighted by molar-refractivity contribution is 0.350. The number of hydrogen-bond acceptors (Lipinski definition) is 2. The molecule has 0 aliphatic heterocycles. The van der Waals surface area contributed by atoms with Crippen LogP contribution in [-0.2, 0) is 0 Å². The summed E-state index contributed by atoms with van der Waals surface area (Å²) in [7, 11) is 0. The van der Waals surface area contributed by atoms with E-state index in [1.807, 2.05) is 0 Å². The molecular formula is C60H58N2. The molecule has 2 saturated carbocycles. The highest BCUT2D eigenvalue weighted by Crippen LogP contribution is 2.52. The monoisotopic (exact) mass is 806 g/mol. The Morgan fingerprint density at radius 2 is 0.710 bits per heavy atom. The Morgan fingerprint density at radius 1 is 0.323 bits per heavy atom. The average molecular weight is 807 g/mol. The number of hydrogen-bond donors (Lipinski definition) is 0. The summed E-state index contributed by atoms with van der Waals surface area (Å²) in [5, 5.41) is 2.44. The van der Waals surface area contributed by atoms with Crippen LogP contribution in [0.1, 0.15) is 105 Å². The molecule has 0 heterocycles. The number of benzene rings is 8. The Labute approximate surface area is 369 Å². The lowest BCUT2D eigenvalue weighted by Crippen LogP contribution is -2.21. The van der Waals surface area contributed by atoms with Gasteiger partial charge < -0.3 is 9.80 Å². The van der Waals surface area contributed by atoms with Crippen molar-refractivity contribution in [1.29, 1.82) is 0 Å². The van der Waals surface area contributed by atoms with Crippen molar-refractivity contribution in [3.05, 3.63) is 225 Å². The molecule has 8 aromatic rings. The zero-order valence-corrected chi connectivity index (χ0v) is 37.2. The molecule has 0 aromatic heterocycles. The second-order valence-corrected chi connectivity index (χ2v) is 18.6. The molecule has 2 nitrogen and oxygen atoms in total. The average Bonchev–Trinajstić information content (AvgIpc) is 3.23. The maximum Gasteiger partial charge on any atom is 0.0541 e. The van der Waals surface area contributed by atoms with Crippen molar-refractivity contribution in [3.8, 4) is 0 Å². The summed E-state index contributed by atoms with van der Waals surface area (Å²) in [5.41, 5.74) is 20.9. The first-order chi connectivity index (χ1) is 30.2. The summed E-state index contributed by atoms with van der Waals surface area (Å²) in [5.74, 6) is 2.49. The van der Waals surface area contributed by atoms with Gasteiger partial charge in [-0.05, 0) is 196 Å². The number of anilines is 6. The fourth-order valence-corrected chi connectivity index (χ4v) is 10.5. The summed E-state index contributed by atoms with van der Waals surface area (Å²) in [6, 6.07) is 64.4. The minimum absolute atomic E-state index is 0.595. The minimum Gasteiger partial charge on any atom is -0.310 e. The molecule has 0 unspecified atom stereocenters. The second-order valence-electron chi connectivity index (χ2n) is 18.6. The van der Waals surface area contributed by atoms with E-state index in [0.29, 0.717) is 23.7 Å². The molecule has 308 valence electrons. The van der Waals surface area contributed by atoms with Gasteiger partial charge in [0.05, 0.1) is 11.4 Å². The molecule has 2 fully saturated rings. The van der Waals surface area contributed by atoms with Crippen molar-refractivity contribution in [1.82, 2.24) is 0 Å².